The molecule has 0 amide bonds. The minimum absolute atomic E-state index is 0.110. The van der Waals surface area contributed by atoms with E-state index in [0.717, 1.165) is 27.9 Å². The monoisotopic (exact) mass is 447 g/mol. The first kappa shape index (κ1) is 19.8. The minimum atomic E-state index is -0.110. The lowest BCUT2D eigenvalue weighted by Gasteiger charge is -2.13. The molecule has 0 aliphatic rings. The average Bonchev–Trinajstić information content (AvgIpc) is 3.19. The third kappa shape index (κ3) is 3.49. The Morgan fingerprint density at radius 3 is 2.65 bits per heavy atom. The minimum Gasteiger partial charge on any atom is -0.268 e. The second-order valence-corrected chi connectivity index (χ2v) is 8.67. The van der Waals surface area contributed by atoms with Gasteiger partial charge in [0.05, 0.1) is 16.6 Å². The van der Waals surface area contributed by atoms with Crippen molar-refractivity contribution in [1.82, 2.24) is 24.1 Å². The molecule has 31 heavy (non-hydrogen) atoms. The second kappa shape index (κ2) is 7.83. The fourth-order valence-electron chi connectivity index (χ4n) is 3.69. The third-order valence-electron chi connectivity index (χ3n) is 5.14. The van der Waals surface area contributed by atoms with Gasteiger partial charge in [-0.2, -0.15) is 0 Å². The summed E-state index contributed by atoms with van der Waals surface area (Å²) in [5.41, 5.74) is 4.64. The molecule has 2 aromatic carbocycles. The van der Waals surface area contributed by atoms with Crippen molar-refractivity contribution in [2.75, 3.05) is 0 Å². The van der Waals surface area contributed by atoms with E-state index < -0.39 is 0 Å². The number of fused-ring (bicyclic) bond motifs is 3. The maximum Gasteiger partial charge on any atom is 0.267 e. The molecule has 0 aliphatic heterocycles. The summed E-state index contributed by atoms with van der Waals surface area (Å²) in [6.45, 7) is 4.03. The zero-order valence-electron chi connectivity index (χ0n) is 16.9. The molecule has 0 radical (unpaired) electrons. The maximum absolute atomic E-state index is 13.5. The molecule has 0 unspecified atom stereocenters. The van der Waals surface area contributed by atoms with Gasteiger partial charge in [-0.05, 0) is 49.2 Å². The topological polar surface area (TPSA) is 65.1 Å². The average molecular weight is 448 g/mol. The summed E-state index contributed by atoms with van der Waals surface area (Å²) in [7, 11) is 0. The van der Waals surface area contributed by atoms with E-state index in [-0.39, 0.29) is 5.56 Å². The largest absolute Gasteiger partial charge is 0.268 e. The molecule has 0 bridgehead atoms. The zero-order chi connectivity index (χ0) is 21.5. The normalized spacial score (nSPS) is 11.5. The Morgan fingerprint density at radius 1 is 1.03 bits per heavy atom. The van der Waals surface area contributed by atoms with Gasteiger partial charge in [-0.3, -0.25) is 9.20 Å². The predicted octanol–water partition coefficient (Wildman–Crippen LogP) is 4.99. The van der Waals surface area contributed by atoms with Crippen LogP contribution in [0, 0.1) is 13.8 Å². The number of rotatable bonds is 4. The number of hydrogen-bond acceptors (Lipinski definition) is 5. The molecule has 5 rings (SSSR count). The smallest absolute Gasteiger partial charge is 0.267 e. The van der Waals surface area contributed by atoms with Gasteiger partial charge in [0.1, 0.15) is 5.15 Å². The lowest BCUT2D eigenvalue weighted by atomic mass is 10.1. The molecule has 0 spiro atoms. The molecular formula is C23H18ClN5OS. The number of halogens is 1. The Labute approximate surface area is 187 Å². The first-order chi connectivity index (χ1) is 15.0. The van der Waals surface area contributed by atoms with Crippen molar-refractivity contribution < 1.29 is 0 Å². The standard InChI is InChI=1S/C23H18ClN5OS/c1-14-7-9-18(15(2)11-14)28-21(30)17-5-3-4-6-19(17)29-22(28)26-27-23(29)31-13-16-8-10-20(24)25-12-16/h3-12H,13H2,1-2H3. The zero-order valence-corrected chi connectivity index (χ0v) is 18.5. The Kier molecular flexibility index (Phi) is 5.00. The van der Waals surface area contributed by atoms with Crippen LogP contribution < -0.4 is 5.56 Å². The summed E-state index contributed by atoms with van der Waals surface area (Å²) >= 11 is 7.43. The molecule has 3 heterocycles. The quantitative estimate of drug-likeness (QED) is 0.287. The van der Waals surface area contributed by atoms with Gasteiger partial charge in [0, 0.05) is 11.9 Å². The summed E-state index contributed by atoms with van der Waals surface area (Å²) in [6.07, 6.45) is 1.75. The molecule has 5 aromatic rings. The van der Waals surface area contributed by atoms with E-state index >= 15 is 0 Å². The molecular weight excluding hydrogens is 430 g/mol. The van der Waals surface area contributed by atoms with Gasteiger partial charge >= 0.3 is 0 Å². The lowest BCUT2D eigenvalue weighted by molar-refractivity contribution is 0.928. The van der Waals surface area contributed by atoms with Gasteiger partial charge in [0.15, 0.2) is 5.16 Å². The first-order valence-electron chi connectivity index (χ1n) is 9.72. The van der Waals surface area contributed by atoms with Crippen molar-refractivity contribution in [1.29, 1.82) is 0 Å². The summed E-state index contributed by atoms with van der Waals surface area (Å²) in [4.78, 5) is 17.6. The second-order valence-electron chi connectivity index (χ2n) is 7.34. The van der Waals surface area contributed by atoms with Crippen LogP contribution in [-0.4, -0.2) is 24.1 Å². The fourth-order valence-corrected chi connectivity index (χ4v) is 4.67. The van der Waals surface area contributed by atoms with Crippen molar-refractivity contribution in [3.05, 3.63) is 93.0 Å². The Bertz CT molecular complexity index is 1490. The molecule has 0 atom stereocenters. The van der Waals surface area contributed by atoms with Crippen molar-refractivity contribution in [2.24, 2.45) is 0 Å². The molecule has 0 saturated heterocycles. The third-order valence-corrected chi connectivity index (χ3v) is 6.37. The van der Waals surface area contributed by atoms with Crippen LogP contribution >= 0.6 is 23.4 Å². The Morgan fingerprint density at radius 2 is 1.87 bits per heavy atom. The predicted molar refractivity (Wildman–Crippen MR) is 124 cm³/mol. The van der Waals surface area contributed by atoms with Gasteiger partial charge in [0.25, 0.3) is 5.56 Å². The van der Waals surface area contributed by atoms with E-state index in [9.17, 15) is 4.79 Å². The highest BCUT2D eigenvalue weighted by molar-refractivity contribution is 7.98. The van der Waals surface area contributed by atoms with E-state index in [0.29, 0.717) is 27.2 Å². The van der Waals surface area contributed by atoms with Crippen molar-refractivity contribution in [3.8, 4) is 5.69 Å². The van der Waals surface area contributed by atoms with Gasteiger partial charge in [-0.15, -0.1) is 10.2 Å². The molecule has 0 fully saturated rings. The molecule has 0 N–H and O–H groups in total. The van der Waals surface area contributed by atoms with E-state index in [1.54, 1.807) is 16.8 Å². The van der Waals surface area contributed by atoms with Crippen LogP contribution in [0.15, 0.2) is 70.7 Å². The van der Waals surface area contributed by atoms with Crippen LogP contribution in [0.4, 0.5) is 0 Å². The highest BCUT2D eigenvalue weighted by Gasteiger charge is 2.19. The summed E-state index contributed by atoms with van der Waals surface area (Å²) in [6, 6.07) is 17.3. The van der Waals surface area contributed by atoms with Crippen LogP contribution in [0.25, 0.3) is 22.4 Å². The summed E-state index contributed by atoms with van der Waals surface area (Å²) < 4.78 is 3.60. The van der Waals surface area contributed by atoms with Crippen LogP contribution in [0.1, 0.15) is 16.7 Å². The number of aromatic nitrogens is 5. The van der Waals surface area contributed by atoms with Crippen LogP contribution in [0.2, 0.25) is 5.15 Å². The number of para-hydroxylation sites is 1. The van der Waals surface area contributed by atoms with E-state index in [2.05, 4.69) is 21.2 Å². The van der Waals surface area contributed by atoms with Crippen LogP contribution in [-0.2, 0) is 5.75 Å². The fraction of sp³-hybridized carbons (Fsp3) is 0.130. The number of hydrogen-bond donors (Lipinski definition) is 0. The number of benzene rings is 2. The van der Waals surface area contributed by atoms with Crippen LogP contribution in [0.5, 0.6) is 0 Å². The SMILES string of the molecule is Cc1ccc(-n2c(=O)c3ccccc3n3c(SCc4ccc(Cl)nc4)nnc23)c(C)c1. The van der Waals surface area contributed by atoms with E-state index in [4.69, 9.17) is 11.6 Å². The molecule has 154 valence electrons. The maximum atomic E-state index is 13.5. The number of nitrogens with zero attached hydrogens (tertiary/aromatic N) is 5. The molecule has 0 saturated carbocycles. The van der Waals surface area contributed by atoms with Gasteiger partial charge in [-0.25, -0.2) is 9.55 Å². The Hall–Kier alpha value is -3.16. The molecule has 3 aromatic heterocycles. The first-order valence-corrected chi connectivity index (χ1v) is 11.1. The van der Waals surface area contributed by atoms with Gasteiger partial charge < -0.3 is 0 Å². The molecule has 6 nitrogen and oxygen atoms in total. The van der Waals surface area contributed by atoms with Crippen molar-refractivity contribution >= 4 is 40.0 Å². The van der Waals surface area contributed by atoms with E-state index in [1.807, 2.05) is 60.7 Å². The number of pyridine rings is 1. The summed E-state index contributed by atoms with van der Waals surface area (Å²) in [5.74, 6) is 1.15. The Balaban J connectivity index is 1.72. The number of aryl methyl sites for hydroxylation is 2. The van der Waals surface area contributed by atoms with Gasteiger partial charge in [-0.1, -0.05) is 59.3 Å². The summed E-state index contributed by atoms with van der Waals surface area (Å²) in [5, 5.41) is 10.6. The molecule has 0 aliphatic carbocycles. The van der Waals surface area contributed by atoms with Crippen molar-refractivity contribution in [2.45, 2.75) is 24.8 Å². The number of thioether (sulfide) groups is 1. The lowest BCUT2D eigenvalue weighted by Crippen LogP contribution is -2.22. The highest BCUT2D eigenvalue weighted by Crippen LogP contribution is 2.26. The van der Waals surface area contributed by atoms with Crippen LogP contribution in [0.3, 0.4) is 0 Å². The van der Waals surface area contributed by atoms with Gasteiger partial charge in [0.2, 0.25) is 5.78 Å². The molecule has 8 heteroatoms. The van der Waals surface area contributed by atoms with E-state index in [1.165, 1.54) is 11.8 Å². The van der Waals surface area contributed by atoms with Crippen molar-refractivity contribution in [3.63, 3.8) is 0 Å². The highest BCUT2D eigenvalue weighted by atomic mass is 35.5.